The second kappa shape index (κ2) is 15.2. The Labute approximate surface area is 281 Å². The molecule has 234 valence electrons. The van der Waals surface area contributed by atoms with Crippen molar-refractivity contribution in [3.05, 3.63) is 129 Å². The predicted molar refractivity (Wildman–Crippen MR) is 184 cm³/mol. The molecule has 1 aliphatic carbocycles. The highest BCUT2D eigenvalue weighted by atomic mass is 79.9. The Morgan fingerprint density at radius 3 is 2.02 bits per heavy atom. The highest BCUT2D eigenvalue weighted by molar-refractivity contribution is 9.10. The minimum atomic E-state index is -4.15. The van der Waals surface area contributed by atoms with Crippen LogP contribution in [0.2, 0.25) is 0 Å². The fraction of sp³-hybridized carbons (Fsp3) is 0.257. The molecule has 0 radical (unpaired) electrons. The summed E-state index contributed by atoms with van der Waals surface area (Å²) in [5.74, 6) is -0.731. The van der Waals surface area contributed by atoms with Gasteiger partial charge in [-0.15, -0.1) is 0 Å². The summed E-state index contributed by atoms with van der Waals surface area (Å²) >= 11 is 6.97. The number of carbonyl (C=O) groups excluding carboxylic acids is 2. The van der Waals surface area contributed by atoms with Crippen molar-refractivity contribution in [2.75, 3.05) is 10.8 Å². The van der Waals surface area contributed by atoms with Crippen molar-refractivity contribution in [2.45, 2.75) is 55.6 Å². The van der Waals surface area contributed by atoms with Gasteiger partial charge in [-0.05, 0) is 66.4 Å². The highest BCUT2D eigenvalue weighted by Gasteiger charge is 2.35. The molecule has 5 rings (SSSR count). The van der Waals surface area contributed by atoms with Crippen LogP contribution in [0, 0.1) is 0 Å². The van der Waals surface area contributed by atoms with E-state index in [0.717, 1.165) is 45.6 Å². The van der Waals surface area contributed by atoms with Crippen molar-refractivity contribution in [3.8, 4) is 0 Å². The van der Waals surface area contributed by atoms with Gasteiger partial charge in [-0.3, -0.25) is 13.9 Å². The summed E-state index contributed by atoms with van der Waals surface area (Å²) in [5.41, 5.74) is 2.04. The van der Waals surface area contributed by atoms with Gasteiger partial charge >= 0.3 is 0 Å². The number of anilines is 1. The molecule has 0 aromatic heterocycles. The topological polar surface area (TPSA) is 86.8 Å². The first kappa shape index (κ1) is 32.9. The Kier molecular flexibility index (Phi) is 11.1. The Balaban J connectivity index is 1.56. The van der Waals surface area contributed by atoms with Gasteiger partial charge in [0.1, 0.15) is 12.6 Å². The summed E-state index contributed by atoms with van der Waals surface area (Å²) in [6.45, 7) is -0.380. The third-order valence-corrected chi connectivity index (χ3v) is 10.7. The molecule has 0 spiro atoms. The number of halogens is 2. The molecule has 0 saturated heterocycles. The number of nitrogens with one attached hydrogen (secondary N) is 1. The molecule has 1 aliphatic rings. The van der Waals surface area contributed by atoms with Crippen LogP contribution in [-0.4, -0.2) is 43.8 Å². The molecule has 1 N–H and O–H groups in total. The first-order chi connectivity index (χ1) is 21.7. The minimum absolute atomic E-state index is 0.0511. The van der Waals surface area contributed by atoms with Crippen molar-refractivity contribution < 1.29 is 18.0 Å². The number of hydrogen-bond acceptors (Lipinski definition) is 4. The number of benzene rings is 4. The molecular weight excluding hydrogens is 718 g/mol. The average molecular weight is 754 g/mol. The van der Waals surface area contributed by atoms with Gasteiger partial charge < -0.3 is 10.2 Å². The van der Waals surface area contributed by atoms with Crippen molar-refractivity contribution in [1.29, 1.82) is 0 Å². The molecule has 10 heteroatoms. The van der Waals surface area contributed by atoms with Gasteiger partial charge in [0.15, 0.2) is 0 Å². The van der Waals surface area contributed by atoms with Gasteiger partial charge in [0, 0.05) is 28.0 Å². The van der Waals surface area contributed by atoms with Crippen LogP contribution in [0.3, 0.4) is 0 Å². The molecule has 4 aromatic rings. The van der Waals surface area contributed by atoms with Gasteiger partial charge in [-0.25, -0.2) is 8.42 Å². The van der Waals surface area contributed by atoms with Crippen LogP contribution in [0.1, 0.15) is 36.8 Å². The van der Waals surface area contributed by atoms with Gasteiger partial charge in [0.25, 0.3) is 10.0 Å². The molecule has 7 nitrogen and oxygen atoms in total. The van der Waals surface area contributed by atoms with E-state index in [1.165, 1.54) is 17.0 Å². The molecule has 0 unspecified atom stereocenters. The summed E-state index contributed by atoms with van der Waals surface area (Å²) in [5, 5.41) is 3.20. The molecule has 0 bridgehead atoms. The molecule has 4 aromatic carbocycles. The van der Waals surface area contributed by atoms with Crippen molar-refractivity contribution >= 4 is 59.4 Å². The Morgan fingerprint density at radius 1 is 0.778 bits per heavy atom. The van der Waals surface area contributed by atoms with E-state index in [-0.39, 0.29) is 29.8 Å². The molecule has 0 heterocycles. The molecule has 0 aliphatic heterocycles. The van der Waals surface area contributed by atoms with E-state index >= 15 is 0 Å². The third kappa shape index (κ3) is 8.62. The van der Waals surface area contributed by atoms with Crippen LogP contribution in [0.25, 0.3) is 0 Å². The lowest BCUT2D eigenvalue weighted by atomic mass is 10.0. The maximum atomic E-state index is 14.6. The Hall–Kier alpha value is -3.47. The number of amides is 2. The number of rotatable bonds is 12. The Bertz CT molecular complexity index is 1720. The third-order valence-electron chi connectivity index (χ3n) is 7.92. The number of nitrogens with zero attached hydrogens (tertiary/aromatic N) is 2. The number of carbonyl (C=O) groups is 2. The second-order valence-electron chi connectivity index (χ2n) is 11.2. The standard InChI is InChI=1S/C35H35Br2N3O4S/c36-28-14-9-13-27(21-28)24-39(33(22-26-11-3-1-4-12-26)35(42)38-30-16-7-8-17-30)34(41)25-40(31-18-10-15-29(37)23-31)45(43,44)32-19-5-2-6-20-32/h1-6,9-15,18-21,23,30,33H,7-8,16-17,22,24-25H2,(H,38,42)/t33-/m0/s1. The quantitative estimate of drug-likeness (QED) is 0.167. The van der Waals surface area contributed by atoms with E-state index in [0.29, 0.717) is 10.2 Å². The predicted octanol–water partition coefficient (Wildman–Crippen LogP) is 7.11. The number of sulfonamides is 1. The van der Waals surface area contributed by atoms with Crippen LogP contribution in [-0.2, 0) is 32.6 Å². The summed E-state index contributed by atoms with van der Waals surface area (Å²) in [6, 6.07) is 31.2. The van der Waals surface area contributed by atoms with Crippen LogP contribution in [0.5, 0.6) is 0 Å². The van der Waals surface area contributed by atoms with Gasteiger partial charge in [-0.2, -0.15) is 0 Å². The summed E-state index contributed by atoms with van der Waals surface area (Å²) in [6.07, 6.45) is 4.17. The first-order valence-electron chi connectivity index (χ1n) is 14.9. The van der Waals surface area contributed by atoms with Gasteiger partial charge in [-0.1, -0.05) is 111 Å². The fourth-order valence-corrected chi connectivity index (χ4v) is 7.89. The molecule has 2 amide bonds. The van der Waals surface area contributed by atoms with Crippen LogP contribution in [0.4, 0.5) is 5.69 Å². The smallest absolute Gasteiger partial charge is 0.264 e. The van der Waals surface area contributed by atoms with Crippen LogP contribution >= 0.6 is 31.9 Å². The second-order valence-corrected chi connectivity index (χ2v) is 14.8. The monoisotopic (exact) mass is 751 g/mol. The minimum Gasteiger partial charge on any atom is -0.352 e. The summed E-state index contributed by atoms with van der Waals surface area (Å²) < 4.78 is 30.8. The lowest BCUT2D eigenvalue weighted by Crippen LogP contribution is -2.54. The number of hydrogen-bond donors (Lipinski definition) is 1. The van der Waals surface area contributed by atoms with Crippen LogP contribution in [0.15, 0.2) is 123 Å². The normalized spacial score (nSPS) is 14.1. The average Bonchev–Trinajstić information content (AvgIpc) is 3.55. The lowest BCUT2D eigenvalue weighted by molar-refractivity contribution is -0.140. The highest BCUT2D eigenvalue weighted by Crippen LogP contribution is 2.28. The van der Waals surface area contributed by atoms with Crippen LogP contribution < -0.4 is 9.62 Å². The van der Waals surface area contributed by atoms with Crippen molar-refractivity contribution in [1.82, 2.24) is 10.2 Å². The van der Waals surface area contributed by atoms with E-state index in [2.05, 4.69) is 37.2 Å². The lowest BCUT2D eigenvalue weighted by Gasteiger charge is -2.34. The first-order valence-corrected chi connectivity index (χ1v) is 17.9. The molecule has 45 heavy (non-hydrogen) atoms. The Morgan fingerprint density at radius 2 is 1.38 bits per heavy atom. The van der Waals surface area contributed by atoms with E-state index in [4.69, 9.17) is 0 Å². The summed E-state index contributed by atoms with van der Waals surface area (Å²) in [4.78, 5) is 30.2. The van der Waals surface area contributed by atoms with Gasteiger partial charge in [0.05, 0.1) is 10.6 Å². The van der Waals surface area contributed by atoms with E-state index in [9.17, 15) is 18.0 Å². The maximum absolute atomic E-state index is 14.6. The van der Waals surface area contributed by atoms with E-state index in [1.807, 2.05) is 54.6 Å². The maximum Gasteiger partial charge on any atom is 0.264 e. The van der Waals surface area contributed by atoms with E-state index in [1.54, 1.807) is 42.5 Å². The zero-order chi connectivity index (χ0) is 31.8. The van der Waals surface area contributed by atoms with E-state index < -0.39 is 28.5 Å². The van der Waals surface area contributed by atoms with Crippen molar-refractivity contribution in [3.63, 3.8) is 0 Å². The molecule has 1 saturated carbocycles. The molecule has 1 atom stereocenters. The fourth-order valence-electron chi connectivity index (χ4n) is 5.63. The molecule has 1 fully saturated rings. The zero-order valence-electron chi connectivity index (χ0n) is 24.7. The zero-order valence-corrected chi connectivity index (χ0v) is 28.7. The van der Waals surface area contributed by atoms with Crippen molar-refractivity contribution in [2.24, 2.45) is 0 Å². The molecular formula is C35H35Br2N3O4S. The largest absolute Gasteiger partial charge is 0.352 e. The SMILES string of the molecule is O=C(NC1CCCC1)[C@H](Cc1ccccc1)N(Cc1cccc(Br)c1)C(=O)CN(c1cccc(Br)c1)S(=O)(=O)c1ccccc1. The summed E-state index contributed by atoms with van der Waals surface area (Å²) in [7, 11) is -4.15. The van der Waals surface area contributed by atoms with Gasteiger partial charge in [0.2, 0.25) is 11.8 Å².